The number of carbonyl (C=O) groups excluding carboxylic acids is 3. The van der Waals surface area contributed by atoms with Gasteiger partial charge in [0.2, 0.25) is 0 Å². The van der Waals surface area contributed by atoms with E-state index in [9.17, 15) is 14.4 Å². The highest BCUT2D eigenvalue weighted by molar-refractivity contribution is 6.00. The van der Waals surface area contributed by atoms with Crippen molar-refractivity contribution in [3.05, 3.63) is 102 Å². The van der Waals surface area contributed by atoms with E-state index in [4.69, 9.17) is 0 Å². The predicted octanol–water partition coefficient (Wildman–Crippen LogP) is 5.21. The summed E-state index contributed by atoms with van der Waals surface area (Å²) in [7, 11) is 1.66. The Morgan fingerprint density at radius 3 is 1.53 bits per heavy atom. The number of Topliss-reactive ketones (excluding diaryl/α,β-unsaturated/α-hetero) is 2. The maximum Gasteiger partial charge on any atom is 0.258 e. The summed E-state index contributed by atoms with van der Waals surface area (Å²) in [6.45, 7) is 3.08. The number of benzene rings is 3. The predicted molar refractivity (Wildman–Crippen MR) is 120 cm³/mol. The van der Waals surface area contributed by atoms with E-state index in [1.165, 1.54) is 18.2 Å². The zero-order chi connectivity index (χ0) is 21.9. The number of rotatable bonds is 5. The lowest BCUT2D eigenvalue weighted by molar-refractivity contribution is 0.0874. The van der Waals surface area contributed by atoms with E-state index < -0.39 is 0 Å². The summed E-state index contributed by atoms with van der Waals surface area (Å²) in [4.78, 5) is 39.6. The fourth-order valence-corrected chi connectivity index (χ4v) is 2.45. The van der Waals surface area contributed by atoms with Crippen molar-refractivity contribution in [1.82, 2.24) is 4.90 Å². The summed E-state index contributed by atoms with van der Waals surface area (Å²) >= 11 is 0. The number of aliphatic imine (C=N–C) groups is 1. The molecular formula is C25H24N2O3. The van der Waals surface area contributed by atoms with E-state index in [2.05, 4.69) is 4.99 Å². The Kier molecular flexibility index (Phi) is 8.39. The minimum absolute atomic E-state index is 0.0157. The highest BCUT2D eigenvalue weighted by atomic mass is 16.2. The molecule has 0 saturated carbocycles. The van der Waals surface area contributed by atoms with Gasteiger partial charge in [0.25, 0.3) is 5.91 Å². The van der Waals surface area contributed by atoms with Crippen LogP contribution in [0.4, 0.5) is 5.69 Å². The number of nitrogens with zero attached hydrogens (tertiary/aromatic N) is 2. The molecule has 0 N–H and O–H groups in total. The minimum Gasteiger partial charge on any atom is -0.302 e. The van der Waals surface area contributed by atoms with Crippen molar-refractivity contribution in [2.75, 3.05) is 7.05 Å². The number of hydrogen-bond donors (Lipinski definition) is 0. The molecule has 0 atom stereocenters. The van der Waals surface area contributed by atoms with E-state index in [0.29, 0.717) is 16.8 Å². The Morgan fingerprint density at radius 2 is 1.10 bits per heavy atom. The maximum absolute atomic E-state index is 12.1. The monoisotopic (exact) mass is 400 g/mol. The van der Waals surface area contributed by atoms with Gasteiger partial charge >= 0.3 is 0 Å². The van der Waals surface area contributed by atoms with Crippen LogP contribution in [0.2, 0.25) is 0 Å². The third kappa shape index (κ3) is 6.95. The zero-order valence-electron chi connectivity index (χ0n) is 17.3. The van der Waals surface area contributed by atoms with Gasteiger partial charge in [0, 0.05) is 23.7 Å². The van der Waals surface area contributed by atoms with Gasteiger partial charge in [0.05, 0.1) is 12.0 Å². The molecule has 0 fully saturated rings. The Balaban J connectivity index is 0.000000297. The third-order valence-electron chi connectivity index (χ3n) is 4.18. The molecule has 0 aliphatic rings. The van der Waals surface area contributed by atoms with Crippen LogP contribution in [0.25, 0.3) is 0 Å². The standard InChI is InChI=1S/C17H16N2O2.C8H8O/c1-13(20)14-8-10-16(11-9-14)18-12-19(2)17(21)15-6-4-3-5-7-15;1-7(9)8-5-3-2-4-6-8/h3-12H,1-2H3;2-6H,1H3. The summed E-state index contributed by atoms with van der Waals surface area (Å²) in [5, 5.41) is 0. The van der Waals surface area contributed by atoms with Crippen molar-refractivity contribution < 1.29 is 14.4 Å². The van der Waals surface area contributed by atoms with E-state index in [0.717, 1.165) is 5.56 Å². The van der Waals surface area contributed by atoms with Crippen LogP contribution in [-0.2, 0) is 0 Å². The van der Waals surface area contributed by atoms with Crippen LogP contribution in [0.1, 0.15) is 44.9 Å². The molecule has 5 heteroatoms. The number of hydrogen-bond acceptors (Lipinski definition) is 4. The molecule has 3 aromatic rings. The number of carbonyl (C=O) groups is 3. The maximum atomic E-state index is 12.1. The van der Waals surface area contributed by atoms with E-state index in [-0.39, 0.29) is 17.5 Å². The molecule has 0 aromatic heterocycles. The molecule has 0 bridgehead atoms. The molecule has 0 heterocycles. The van der Waals surface area contributed by atoms with Crippen molar-refractivity contribution in [2.24, 2.45) is 4.99 Å². The second kappa shape index (κ2) is 11.2. The lowest BCUT2D eigenvalue weighted by Gasteiger charge is -2.10. The molecule has 0 saturated heterocycles. The van der Waals surface area contributed by atoms with Crippen molar-refractivity contribution in [1.29, 1.82) is 0 Å². The smallest absolute Gasteiger partial charge is 0.258 e. The topological polar surface area (TPSA) is 66.8 Å². The quantitative estimate of drug-likeness (QED) is 0.335. The minimum atomic E-state index is -0.125. The molecule has 3 aromatic carbocycles. The molecule has 3 rings (SSSR count). The van der Waals surface area contributed by atoms with E-state index >= 15 is 0 Å². The summed E-state index contributed by atoms with van der Waals surface area (Å²) in [6, 6.07) is 25.2. The molecule has 0 radical (unpaired) electrons. The van der Waals surface area contributed by atoms with Crippen LogP contribution in [0, 0.1) is 0 Å². The van der Waals surface area contributed by atoms with Crippen LogP contribution < -0.4 is 0 Å². The van der Waals surface area contributed by atoms with Gasteiger partial charge in [0.1, 0.15) is 0 Å². The molecule has 1 amide bonds. The van der Waals surface area contributed by atoms with E-state index in [1.54, 1.807) is 50.4 Å². The third-order valence-corrected chi connectivity index (χ3v) is 4.18. The number of amides is 1. The van der Waals surface area contributed by atoms with Gasteiger partial charge in [-0.1, -0.05) is 48.5 Å². The first-order chi connectivity index (χ1) is 14.4. The number of ketones is 2. The van der Waals surface area contributed by atoms with Gasteiger partial charge in [0.15, 0.2) is 11.6 Å². The van der Waals surface area contributed by atoms with Crippen LogP contribution in [-0.4, -0.2) is 35.8 Å². The summed E-state index contributed by atoms with van der Waals surface area (Å²) < 4.78 is 0. The highest BCUT2D eigenvalue weighted by Gasteiger charge is 2.08. The Hall–Kier alpha value is -3.86. The SMILES string of the molecule is CC(=O)c1ccc(N=CN(C)C(=O)c2ccccc2)cc1.CC(=O)c1ccccc1. The van der Waals surface area contributed by atoms with Crippen molar-refractivity contribution >= 4 is 29.5 Å². The average Bonchev–Trinajstić information content (AvgIpc) is 2.78. The molecule has 152 valence electrons. The fraction of sp³-hybridized carbons (Fsp3) is 0.120. The molecule has 0 aliphatic carbocycles. The first-order valence-corrected chi connectivity index (χ1v) is 9.42. The first-order valence-electron chi connectivity index (χ1n) is 9.42. The average molecular weight is 400 g/mol. The van der Waals surface area contributed by atoms with Gasteiger partial charge in [-0.3, -0.25) is 14.4 Å². The summed E-state index contributed by atoms with van der Waals surface area (Å²) in [6.07, 6.45) is 1.47. The highest BCUT2D eigenvalue weighted by Crippen LogP contribution is 2.13. The van der Waals surface area contributed by atoms with Crippen molar-refractivity contribution in [3.8, 4) is 0 Å². The van der Waals surface area contributed by atoms with Crippen molar-refractivity contribution in [3.63, 3.8) is 0 Å². The van der Waals surface area contributed by atoms with Gasteiger partial charge in [-0.05, 0) is 50.2 Å². The van der Waals surface area contributed by atoms with Crippen LogP contribution in [0.5, 0.6) is 0 Å². The molecule has 0 aliphatic heterocycles. The van der Waals surface area contributed by atoms with Crippen molar-refractivity contribution in [2.45, 2.75) is 13.8 Å². The summed E-state index contributed by atoms with van der Waals surface area (Å²) in [5.41, 5.74) is 2.71. The van der Waals surface area contributed by atoms with Crippen LogP contribution >= 0.6 is 0 Å². The molecule has 0 spiro atoms. The van der Waals surface area contributed by atoms with Gasteiger partial charge in [-0.15, -0.1) is 0 Å². The largest absolute Gasteiger partial charge is 0.302 e. The lowest BCUT2D eigenvalue weighted by atomic mass is 10.1. The lowest BCUT2D eigenvalue weighted by Crippen LogP contribution is -2.24. The Morgan fingerprint density at radius 1 is 0.667 bits per heavy atom. The second-order valence-electron chi connectivity index (χ2n) is 6.55. The Labute approximate surface area is 176 Å². The normalized spacial score (nSPS) is 10.1. The first kappa shape index (κ1) is 22.4. The Bertz CT molecular complexity index is 1010. The molecule has 0 unspecified atom stereocenters. The van der Waals surface area contributed by atoms with Crippen LogP contribution in [0.15, 0.2) is 89.9 Å². The summed E-state index contributed by atoms with van der Waals surface area (Å²) in [5.74, 6) is 0.0113. The van der Waals surface area contributed by atoms with Gasteiger partial charge in [-0.25, -0.2) is 4.99 Å². The fourth-order valence-electron chi connectivity index (χ4n) is 2.45. The van der Waals surface area contributed by atoms with Crippen LogP contribution in [0.3, 0.4) is 0 Å². The molecule has 5 nitrogen and oxygen atoms in total. The van der Waals surface area contributed by atoms with Gasteiger partial charge in [-0.2, -0.15) is 0 Å². The second-order valence-corrected chi connectivity index (χ2v) is 6.55. The zero-order valence-corrected chi connectivity index (χ0v) is 17.3. The van der Waals surface area contributed by atoms with E-state index in [1.807, 2.05) is 48.5 Å². The molecule has 30 heavy (non-hydrogen) atoms. The van der Waals surface area contributed by atoms with Gasteiger partial charge < -0.3 is 4.90 Å². The molecular weight excluding hydrogens is 376 g/mol.